The monoisotopic (exact) mass is 429 g/mol. The maximum atomic E-state index is 12.7. The number of aliphatic imine (C=N–C) groups is 1. The molecular formula is C20H19N3O4S2. The summed E-state index contributed by atoms with van der Waals surface area (Å²) < 4.78 is 11.6. The molecule has 1 unspecified atom stereocenters. The lowest BCUT2D eigenvalue weighted by Crippen LogP contribution is -2.46. The number of carbonyl (C=O) groups excluding carboxylic acids is 2. The number of thioether (sulfide) groups is 2. The lowest BCUT2D eigenvalue weighted by Gasteiger charge is -2.28. The van der Waals surface area contributed by atoms with Gasteiger partial charge in [-0.2, -0.15) is 0 Å². The number of benzene rings is 1. The highest BCUT2D eigenvalue weighted by Gasteiger charge is 2.35. The number of hydrogen-bond acceptors (Lipinski definition) is 7. The third-order valence-corrected chi connectivity index (χ3v) is 6.64. The smallest absolute Gasteiger partial charge is 0.338 e. The molecule has 9 heteroatoms. The number of urea groups is 1. The second-order valence-electron chi connectivity index (χ2n) is 6.24. The van der Waals surface area contributed by atoms with E-state index in [9.17, 15) is 9.59 Å². The minimum absolute atomic E-state index is 0.237. The summed E-state index contributed by atoms with van der Waals surface area (Å²) in [5.41, 5.74) is 2.99. The molecule has 7 nitrogen and oxygen atoms in total. The van der Waals surface area contributed by atoms with E-state index < -0.39 is 18.0 Å². The fourth-order valence-electron chi connectivity index (χ4n) is 3.07. The first kappa shape index (κ1) is 19.7. The van der Waals surface area contributed by atoms with Crippen molar-refractivity contribution in [3.8, 4) is 0 Å². The zero-order valence-corrected chi connectivity index (χ0v) is 17.3. The van der Waals surface area contributed by atoms with E-state index in [2.05, 4.69) is 21.7 Å². The van der Waals surface area contributed by atoms with Gasteiger partial charge < -0.3 is 19.8 Å². The van der Waals surface area contributed by atoms with Gasteiger partial charge in [-0.05, 0) is 30.7 Å². The second kappa shape index (κ2) is 8.79. The van der Waals surface area contributed by atoms with Gasteiger partial charge in [0.05, 0.1) is 24.1 Å². The van der Waals surface area contributed by atoms with E-state index in [1.54, 1.807) is 30.8 Å². The van der Waals surface area contributed by atoms with Crippen LogP contribution in [0, 0.1) is 0 Å². The summed E-state index contributed by atoms with van der Waals surface area (Å²) in [5, 5.41) is 5.50. The van der Waals surface area contributed by atoms with E-state index in [0.29, 0.717) is 22.8 Å². The van der Waals surface area contributed by atoms with Crippen LogP contribution in [-0.4, -0.2) is 28.7 Å². The van der Waals surface area contributed by atoms with Gasteiger partial charge in [0.2, 0.25) is 0 Å². The number of amides is 2. The molecule has 1 aromatic carbocycles. The number of ether oxygens (including phenoxy) is 1. The Kier molecular flexibility index (Phi) is 5.96. The van der Waals surface area contributed by atoms with Crippen LogP contribution < -0.4 is 10.6 Å². The number of hydrogen-bond donors (Lipinski definition) is 2. The van der Waals surface area contributed by atoms with E-state index in [0.717, 1.165) is 15.8 Å². The fourth-order valence-corrected chi connectivity index (χ4v) is 5.10. The van der Waals surface area contributed by atoms with Gasteiger partial charge in [0.1, 0.15) is 16.2 Å². The van der Waals surface area contributed by atoms with Gasteiger partial charge in [0.15, 0.2) is 0 Å². The molecule has 150 valence electrons. The highest BCUT2D eigenvalue weighted by molar-refractivity contribution is 8.38. The number of nitrogens with one attached hydrogen (secondary N) is 2. The van der Waals surface area contributed by atoms with Gasteiger partial charge >= 0.3 is 12.0 Å². The van der Waals surface area contributed by atoms with Crippen LogP contribution in [0.4, 0.5) is 10.5 Å². The van der Waals surface area contributed by atoms with E-state index in [-0.39, 0.29) is 6.61 Å². The number of fused-ring (bicyclic) bond motifs is 1. The predicted molar refractivity (Wildman–Crippen MR) is 114 cm³/mol. The molecule has 0 saturated heterocycles. The zero-order valence-electron chi connectivity index (χ0n) is 15.6. The molecule has 0 aliphatic carbocycles. The first-order valence-corrected chi connectivity index (χ1v) is 11.1. The normalized spacial score (nSPS) is 18.4. The molecule has 0 saturated carbocycles. The van der Waals surface area contributed by atoms with Gasteiger partial charge in [0, 0.05) is 17.2 Å². The molecule has 1 atom stereocenters. The predicted octanol–water partition coefficient (Wildman–Crippen LogP) is 4.12. The maximum Gasteiger partial charge on any atom is 0.338 e. The van der Waals surface area contributed by atoms with E-state index in [1.165, 1.54) is 23.6 Å². The minimum atomic E-state index is -0.699. The first-order valence-electron chi connectivity index (χ1n) is 9.09. The summed E-state index contributed by atoms with van der Waals surface area (Å²) in [7, 11) is 0. The molecule has 2 aromatic rings. The quantitative estimate of drug-likeness (QED) is 0.695. The number of para-hydroxylation sites is 1. The van der Waals surface area contributed by atoms with Crippen molar-refractivity contribution in [2.24, 2.45) is 4.99 Å². The SMILES string of the molecule is CCOC(=O)C1=C(CSC2=Nc3ccccc3CS2)NC(=O)NC1c1ccco1. The van der Waals surface area contributed by atoms with Crippen molar-refractivity contribution in [2.75, 3.05) is 12.4 Å². The molecule has 29 heavy (non-hydrogen) atoms. The number of carbonyl (C=O) groups is 2. The maximum absolute atomic E-state index is 12.7. The second-order valence-corrected chi connectivity index (χ2v) is 8.43. The van der Waals surface area contributed by atoms with Crippen molar-refractivity contribution in [3.63, 3.8) is 0 Å². The summed E-state index contributed by atoms with van der Waals surface area (Å²) in [6.07, 6.45) is 1.51. The molecular weight excluding hydrogens is 410 g/mol. The first-order chi connectivity index (χ1) is 14.2. The Morgan fingerprint density at radius 2 is 2.21 bits per heavy atom. The Labute approximate surface area is 176 Å². The summed E-state index contributed by atoms with van der Waals surface area (Å²) in [6, 6.07) is 10.4. The molecule has 0 radical (unpaired) electrons. The number of rotatable bonds is 5. The molecule has 0 bridgehead atoms. The van der Waals surface area contributed by atoms with Crippen LogP contribution >= 0.6 is 23.5 Å². The topological polar surface area (TPSA) is 92.9 Å². The van der Waals surface area contributed by atoms with Gasteiger partial charge in [0.25, 0.3) is 0 Å². The van der Waals surface area contributed by atoms with Crippen molar-refractivity contribution >= 4 is 45.6 Å². The van der Waals surface area contributed by atoms with Crippen LogP contribution in [0.25, 0.3) is 0 Å². The van der Waals surface area contributed by atoms with Gasteiger partial charge in [-0.15, -0.1) is 0 Å². The Morgan fingerprint density at radius 3 is 3.00 bits per heavy atom. The summed E-state index contributed by atoms with van der Waals surface area (Å²) in [4.78, 5) is 29.6. The van der Waals surface area contributed by atoms with Gasteiger partial charge in [-0.3, -0.25) is 0 Å². The molecule has 2 aliphatic rings. The van der Waals surface area contributed by atoms with Crippen LogP contribution in [0.3, 0.4) is 0 Å². The minimum Gasteiger partial charge on any atom is -0.467 e. The summed E-state index contributed by atoms with van der Waals surface area (Å²) in [5.74, 6) is 1.21. The largest absolute Gasteiger partial charge is 0.467 e. The lowest BCUT2D eigenvalue weighted by molar-refractivity contribution is -0.139. The highest BCUT2D eigenvalue weighted by Crippen LogP contribution is 2.36. The third-order valence-electron chi connectivity index (χ3n) is 4.37. The van der Waals surface area contributed by atoms with E-state index in [1.807, 2.05) is 18.2 Å². The fraction of sp³-hybridized carbons (Fsp3) is 0.250. The van der Waals surface area contributed by atoms with Crippen LogP contribution in [-0.2, 0) is 15.3 Å². The van der Waals surface area contributed by atoms with Crippen molar-refractivity contribution in [2.45, 2.75) is 18.7 Å². The van der Waals surface area contributed by atoms with Crippen LogP contribution in [0.5, 0.6) is 0 Å². The van der Waals surface area contributed by atoms with Crippen molar-refractivity contribution in [1.82, 2.24) is 10.6 Å². The van der Waals surface area contributed by atoms with Crippen LogP contribution in [0.1, 0.15) is 24.3 Å². The number of esters is 1. The molecule has 2 N–H and O–H groups in total. The van der Waals surface area contributed by atoms with Crippen LogP contribution in [0.15, 0.2) is 63.3 Å². The third kappa shape index (κ3) is 4.35. The van der Waals surface area contributed by atoms with E-state index >= 15 is 0 Å². The Hall–Kier alpha value is -2.65. The lowest BCUT2D eigenvalue weighted by atomic mass is 10.0. The Balaban J connectivity index is 1.61. The Morgan fingerprint density at radius 1 is 1.34 bits per heavy atom. The van der Waals surface area contributed by atoms with Crippen molar-refractivity contribution < 1.29 is 18.7 Å². The average molecular weight is 430 g/mol. The molecule has 4 rings (SSSR count). The molecule has 2 aliphatic heterocycles. The number of furan rings is 1. The molecule has 1 aromatic heterocycles. The molecule has 0 spiro atoms. The summed E-state index contributed by atoms with van der Waals surface area (Å²) >= 11 is 3.12. The van der Waals surface area contributed by atoms with Gasteiger partial charge in [-0.1, -0.05) is 41.7 Å². The molecule has 2 amide bonds. The zero-order chi connectivity index (χ0) is 20.2. The highest BCUT2D eigenvalue weighted by atomic mass is 32.2. The number of nitrogens with zero attached hydrogens (tertiary/aromatic N) is 1. The van der Waals surface area contributed by atoms with Crippen molar-refractivity contribution in [3.05, 3.63) is 65.3 Å². The van der Waals surface area contributed by atoms with E-state index in [4.69, 9.17) is 9.15 Å². The Bertz CT molecular complexity index is 985. The average Bonchev–Trinajstić information content (AvgIpc) is 3.26. The summed E-state index contributed by atoms with van der Waals surface area (Å²) in [6.45, 7) is 1.98. The van der Waals surface area contributed by atoms with Crippen LogP contribution in [0.2, 0.25) is 0 Å². The molecule has 3 heterocycles. The standard InChI is InChI=1S/C20H19N3O4S2/c1-2-26-18(24)16-14(21-19(25)23-17(16)15-8-5-9-27-15)11-29-20-22-13-7-4-3-6-12(13)10-28-20/h3-9,17H,2,10-11H2,1H3,(H2,21,23,25). The molecule has 0 fully saturated rings. The van der Waals surface area contributed by atoms with Crippen molar-refractivity contribution in [1.29, 1.82) is 0 Å². The van der Waals surface area contributed by atoms with Gasteiger partial charge in [-0.25, -0.2) is 14.6 Å².